The van der Waals surface area contributed by atoms with Crippen molar-refractivity contribution in [1.82, 2.24) is 10.3 Å². The Labute approximate surface area is 107 Å². The number of hydrogen-bond donors (Lipinski definition) is 1. The Morgan fingerprint density at radius 3 is 2.61 bits per heavy atom. The molecule has 1 unspecified atom stereocenters. The lowest BCUT2D eigenvalue weighted by molar-refractivity contribution is 0.546. The molecule has 94 valence electrons. The summed E-state index contributed by atoms with van der Waals surface area (Å²) in [6.07, 6.45) is 4.49. The predicted molar refractivity (Wildman–Crippen MR) is 70.8 cm³/mol. The van der Waals surface area contributed by atoms with Gasteiger partial charge in [-0.05, 0) is 42.3 Å². The van der Waals surface area contributed by atoms with Gasteiger partial charge in [-0.3, -0.25) is 4.98 Å². The van der Waals surface area contributed by atoms with Crippen molar-refractivity contribution >= 4 is 0 Å². The van der Waals surface area contributed by atoms with Gasteiger partial charge in [-0.25, -0.2) is 4.39 Å². The number of halogens is 1. The zero-order chi connectivity index (χ0) is 12.8. The number of benzene rings is 1. The van der Waals surface area contributed by atoms with Gasteiger partial charge in [-0.15, -0.1) is 0 Å². The van der Waals surface area contributed by atoms with Crippen LogP contribution < -0.4 is 5.32 Å². The van der Waals surface area contributed by atoms with Crippen molar-refractivity contribution in [1.29, 1.82) is 0 Å². The fourth-order valence-electron chi connectivity index (χ4n) is 2.00. The molecule has 0 saturated carbocycles. The van der Waals surface area contributed by atoms with Crippen LogP contribution in [-0.4, -0.2) is 11.5 Å². The van der Waals surface area contributed by atoms with E-state index in [1.807, 2.05) is 24.4 Å². The first kappa shape index (κ1) is 12.7. The van der Waals surface area contributed by atoms with Crippen LogP contribution in [0.25, 0.3) is 0 Å². The van der Waals surface area contributed by atoms with Crippen LogP contribution in [0, 0.1) is 5.82 Å². The monoisotopic (exact) mass is 244 g/mol. The zero-order valence-corrected chi connectivity index (χ0v) is 10.4. The highest BCUT2D eigenvalue weighted by Gasteiger charge is 2.11. The van der Waals surface area contributed by atoms with E-state index in [9.17, 15) is 4.39 Å². The summed E-state index contributed by atoms with van der Waals surface area (Å²) in [5.41, 5.74) is 2.27. The number of nitrogens with one attached hydrogen (secondary N) is 1. The minimum Gasteiger partial charge on any atom is -0.310 e. The molecule has 2 rings (SSSR count). The van der Waals surface area contributed by atoms with Crippen LogP contribution in [0.2, 0.25) is 0 Å². The Balaban J connectivity index is 2.15. The molecule has 0 aliphatic carbocycles. The Hall–Kier alpha value is -1.74. The quantitative estimate of drug-likeness (QED) is 0.874. The highest BCUT2D eigenvalue weighted by molar-refractivity contribution is 5.23. The Morgan fingerprint density at radius 2 is 2.00 bits per heavy atom. The molecule has 0 fully saturated rings. The third kappa shape index (κ3) is 3.37. The molecule has 0 saturated heterocycles. The molecule has 0 bridgehead atoms. The topological polar surface area (TPSA) is 24.9 Å². The van der Waals surface area contributed by atoms with E-state index in [1.54, 1.807) is 6.20 Å². The molecule has 1 aromatic carbocycles. The van der Waals surface area contributed by atoms with Crippen LogP contribution in [-0.2, 0) is 6.42 Å². The molecular formula is C15H17FN2. The molecule has 2 aromatic rings. The second-order valence-corrected chi connectivity index (χ2v) is 4.23. The second kappa shape index (κ2) is 6.26. The maximum Gasteiger partial charge on any atom is 0.123 e. The fourth-order valence-corrected chi connectivity index (χ4v) is 2.00. The van der Waals surface area contributed by atoms with Crippen molar-refractivity contribution in [3.8, 4) is 0 Å². The van der Waals surface area contributed by atoms with Crippen molar-refractivity contribution in [2.24, 2.45) is 0 Å². The standard InChI is InChI=1S/C15H17FN2/c1-2-18-15(10-12-4-3-9-17-11-12)13-5-7-14(16)8-6-13/h3-9,11,15,18H,2,10H2,1H3. The van der Waals surface area contributed by atoms with E-state index in [-0.39, 0.29) is 11.9 Å². The molecule has 0 aliphatic heterocycles. The van der Waals surface area contributed by atoms with Gasteiger partial charge in [0.15, 0.2) is 0 Å². The van der Waals surface area contributed by atoms with Gasteiger partial charge in [-0.1, -0.05) is 25.1 Å². The largest absolute Gasteiger partial charge is 0.310 e. The van der Waals surface area contributed by atoms with Gasteiger partial charge < -0.3 is 5.32 Å². The number of nitrogens with zero attached hydrogens (tertiary/aromatic N) is 1. The SMILES string of the molecule is CCNC(Cc1cccnc1)c1ccc(F)cc1. The van der Waals surface area contributed by atoms with Gasteiger partial charge in [-0.2, -0.15) is 0 Å². The first-order chi connectivity index (χ1) is 8.79. The van der Waals surface area contributed by atoms with E-state index in [2.05, 4.69) is 23.3 Å². The van der Waals surface area contributed by atoms with Crippen molar-refractivity contribution in [2.45, 2.75) is 19.4 Å². The molecular weight excluding hydrogens is 227 g/mol. The summed E-state index contributed by atoms with van der Waals surface area (Å²) < 4.78 is 12.9. The smallest absolute Gasteiger partial charge is 0.123 e. The lowest BCUT2D eigenvalue weighted by atomic mass is 10.00. The molecule has 1 heterocycles. The van der Waals surface area contributed by atoms with Crippen molar-refractivity contribution in [3.05, 3.63) is 65.7 Å². The Morgan fingerprint density at radius 1 is 1.22 bits per heavy atom. The highest BCUT2D eigenvalue weighted by atomic mass is 19.1. The third-order valence-electron chi connectivity index (χ3n) is 2.89. The van der Waals surface area contributed by atoms with E-state index in [1.165, 1.54) is 17.7 Å². The van der Waals surface area contributed by atoms with Crippen LogP contribution in [0.3, 0.4) is 0 Å². The van der Waals surface area contributed by atoms with E-state index < -0.39 is 0 Å². The molecule has 1 N–H and O–H groups in total. The summed E-state index contributed by atoms with van der Waals surface area (Å²) >= 11 is 0. The Bertz CT molecular complexity index is 468. The maximum absolute atomic E-state index is 12.9. The highest BCUT2D eigenvalue weighted by Crippen LogP contribution is 2.18. The fraction of sp³-hybridized carbons (Fsp3) is 0.267. The number of pyridine rings is 1. The number of rotatable bonds is 5. The first-order valence-corrected chi connectivity index (χ1v) is 6.17. The minimum atomic E-state index is -0.199. The van der Waals surface area contributed by atoms with Gasteiger partial charge in [0.1, 0.15) is 5.82 Å². The van der Waals surface area contributed by atoms with Crippen LogP contribution >= 0.6 is 0 Å². The van der Waals surface area contributed by atoms with Crippen molar-refractivity contribution in [3.63, 3.8) is 0 Å². The lowest BCUT2D eigenvalue weighted by Gasteiger charge is -2.18. The molecule has 18 heavy (non-hydrogen) atoms. The van der Waals surface area contributed by atoms with Gasteiger partial charge >= 0.3 is 0 Å². The van der Waals surface area contributed by atoms with Crippen LogP contribution in [0.15, 0.2) is 48.8 Å². The molecule has 0 spiro atoms. The molecule has 0 aliphatic rings. The second-order valence-electron chi connectivity index (χ2n) is 4.23. The molecule has 0 radical (unpaired) electrons. The number of hydrogen-bond acceptors (Lipinski definition) is 2. The zero-order valence-electron chi connectivity index (χ0n) is 10.4. The van der Waals surface area contributed by atoms with E-state index in [0.29, 0.717) is 0 Å². The van der Waals surface area contributed by atoms with Crippen molar-refractivity contribution in [2.75, 3.05) is 6.54 Å². The van der Waals surface area contributed by atoms with Crippen LogP contribution in [0.5, 0.6) is 0 Å². The molecule has 1 aromatic heterocycles. The normalized spacial score (nSPS) is 12.3. The number of likely N-dealkylation sites (N-methyl/N-ethyl adjacent to an activating group) is 1. The maximum atomic E-state index is 12.9. The summed E-state index contributed by atoms with van der Waals surface area (Å²) in [6, 6.07) is 10.9. The summed E-state index contributed by atoms with van der Waals surface area (Å²) in [7, 11) is 0. The van der Waals surface area contributed by atoms with Crippen molar-refractivity contribution < 1.29 is 4.39 Å². The third-order valence-corrected chi connectivity index (χ3v) is 2.89. The molecule has 0 amide bonds. The molecule has 1 atom stereocenters. The van der Waals surface area contributed by atoms with Gasteiger partial charge in [0.05, 0.1) is 0 Å². The summed E-state index contributed by atoms with van der Waals surface area (Å²) in [5.74, 6) is -0.199. The van der Waals surface area contributed by atoms with E-state index >= 15 is 0 Å². The summed E-state index contributed by atoms with van der Waals surface area (Å²) in [5, 5.41) is 3.42. The van der Waals surface area contributed by atoms with Gasteiger partial charge in [0.2, 0.25) is 0 Å². The average molecular weight is 244 g/mol. The molecule has 3 heteroatoms. The minimum absolute atomic E-state index is 0.194. The van der Waals surface area contributed by atoms with E-state index in [4.69, 9.17) is 0 Å². The molecule has 2 nitrogen and oxygen atoms in total. The Kier molecular flexibility index (Phi) is 4.42. The lowest BCUT2D eigenvalue weighted by Crippen LogP contribution is -2.23. The van der Waals surface area contributed by atoms with Crippen LogP contribution in [0.4, 0.5) is 4.39 Å². The van der Waals surface area contributed by atoms with Gasteiger partial charge in [0.25, 0.3) is 0 Å². The average Bonchev–Trinajstić information content (AvgIpc) is 2.40. The van der Waals surface area contributed by atoms with Gasteiger partial charge in [0, 0.05) is 18.4 Å². The summed E-state index contributed by atoms with van der Waals surface area (Å²) in [6.45, 7) is 2.95. The van der Waals surface area contributed by atoms with E-state index in [0.717, 1.165) is 18.5 Å². The van der Waals surface area contributed by atoms with Crippen LogP contribution in [0.1, 0.15) is 24.1 Å². The first-order valence-electron chi connectivity index (χ1n) is 6.17. The predicted octanol–water partition coefficient (Wildman–Crippen LogP) is 3.11. The summed E-state index contributed by atoms with van der Waals surface area (Å²) in [4.78, 5) is 4.12. The number of aromatic nitrogens is 1.